The fourth-order valence-electron chi connectivity index (χ4n) is 16.1. The summed E-state index contributed by atoms with van der Waals surface area (Å²) in [5.41, 5.74) is 27.6. The van der Waals surface area contributed by atoms with E-state index in [1.54, 1.807) is 0 Å². The van der Waals surface area contributed by atoms with Crippen molar-refractivity contribution in [2.45, 2.75) is 0 Å². The summed E-state index contributed by atoms with van der Waals surface area (Å²) in [6, 6.07) is 129. The summed E-state index contributed by atoms with van der Waals surface area (Å²) in [7, 11) is 0. The molecule has 0 N–H and O–H groups in total. The molecular formula is C104H62N12OS2. The summed E-state index contributed by atoms with van der Waals surface area (Å²) in [6.45, 7) is 0. The van der Waals surface area contributed by atoms with Gasteiger partial charge in [-0.3, -0.25) is 0 Å². The number of fused-ring (bicyclic) bond motifs is 13. The van der Waals surface area contributed by atoms with E-state index in [0.717, 1.165) is 199 Å². The third-order valence-corrected chi connectivity index (χ3v) is 23.1. The minimum absolute atomic E-state index is 0.605. The molecule has 556 valence electrons. The molecule has 119 heavy (non-hydrogen) atoms. The van der Waals surface area contributed by atoms with Crippen molar-refractivity contribution < 1.29 is 4.42 Å². The van der Waals surface area contributed by atoms with Gasteiger partial charge in [0.25, 0.3) is 0 Å². The molecule has 23 rings (SSSR count). The Kier molecular flexibility index (Phi) is 17.6. The van der Waals surface area contributed by atoms with E-state index in [9.17, 15) is 0 Å². The van der Waals surface area contributed by atoms with Crippen molar-refractivity contribution >= 4 is 111 Å². The average Bonchev–Trinajstić information content (AvgIpc) is 1.72. The molecule has 0 fully saturated rings. The van der Waals surface area contributed by atoms with Crippen LogP contribution < -0.4 is 0 Å². The standard InChI is InChI=1S/C52H30N6OS.C52H32N6S/c1-2-9-35(10-3-1)50-54-51(56-52(55-50)37-27-21-33(22-28-37)38-13-8-14-40-39-11-5-7-16-45(39)59-49(38)40)36-25-19-32(20-26-36)31-17-23-34(24-18-31)47-42-29-30-44-48(58-60-57-44)46(42)41-12-4-6-15-43(41)53-47;1-4-12-33(13-5-1)40-30-41(34-14-6-2-7-15-34)32-42(31-40)52-55-50(38-16-8-3-9-17-38)54-51(56-52)39-26-22-36(23-27-39)35-20-24-37(25-21-35)48-44-28-29-46-49(58-59-57-46)47(44)43-18-10-11-19-45(43)53-48/h1-30H;1-32H. The Morgan fingerprint density at radius 3 is 0.916 bits per heavy atom. The van der Waals surface area contributed by atoms with Gasteiger partial charge in [-0.25, -0.2) is 39.9 Å². The van der Waals surface area contributed by atoms with E-state index in [-0.39, 0.29) is 0 Å². The Hall–Kier alpha value is -15.7. The lowest BCUT2D eigenvalue weighted by atomic mass is 9.96. The molecular weight excluding hydrogens is 1500 g/mol. The van der Waals surface area contributed by atoms with Gasteiger partial charge >= 0.3 is 0 Å². The maximum absolute atomic E-state index is 6.34. The monoisotopic (exact) mass is 1560 g/mol. The molecule has 13 nitrogen and oxygen atoms in total. The van der Waals surface area contributed by atoms with Crippen molar-refractivity contribution in [3.63, 3.8) is 0 Å². The van der Waals surface area contributed by atoms with Crippen LogP contribution in [0.1, 0.15) is 0 Å². The van der Waals surface area contributed by atoms with E-state index in [2.05, 4.69) is 272 Å². The van der Waals surface area contributed by atoms with Gasteiger partial charge in [0.15, 0.2) is 34.9 Å². The summed E-state index contributed by atoms with van der Waals surface area (Å²) >= 11 is 2.49. The minimum atomic E-state index is 0.605. The molecule has 0 saturated carbocycles. The van der Waals surface area contributed by atoms with E-state index >= 15 is 0 Å². The van der Waals surface area contributed by atoms with Crippen LogP contribution in [0.15, 0.2) is 381 Å². The van der Waals surface area contributed by atoms with Crippen LogP contribution >= 0.6 is 23.5 Å². The quantitative estimate of drug-likeness (QED) is 0.100. The van der Waals surface area contributed by atoms with E-state index in [0.29, 0.717) is 34.9 Å². The second-order valence-electron chi connectivity index (χ2n) is 29.2. The second kappa shape index (κ2) is 29.9. The number of benzene rings is 16. The highest BCUT2D eigenvalue weighted by Gasteiger charge is 2.22. The highest BCUT2D eigenvalue weighted by Crippen LogP contribution is 2.43. The van der Waals surface area contributed by atoms with Crippen LogP contribution in [0.3, 0.4) is 0 Å². The van der Waals surface area contributed by atoms with Crippen LogP contribution in [0.2, 0.25) is 0 Å². The fraction of sp³-hybridized carbons (Fsp3) is 0. The zero-order valence-corrected chi connectivity index (χ0v) is 65.0. The largest absolute Gasteiger partial charge is 0.455 e. The van der Waals surface area contributed by atoms with Crippen molar-refractivity contribution in [2.75, 3.05) is 0 Å². The third kappa shape index (κ3) is 13.2. The molecule has 23 aromatic rings. The Morgan fingerprint density at radius 2 is 0.496 bits per heavy atom. The lowest BCUT2D eigenvalue weighted by Gasteiger charge is -2.13. The summed E-state index contributed by atoms with van der Waals surface area (Å²) in [6.07, 6.45) is 0. The smallest absolute Gasteiger partial charge is 0.164 e. The maximum Gasteiger partial charge on any atom is 0.164 e. The Morgan fingerprint density at radius 1 is 0.185 bits per heavy atom. The molecule has 0 spiro atoms. The van der Waals surface area contributed by atoms with Crippen molar-refractivity contribution in [3.05, 3.63) is 376 Å². The third-order valence-electron chi connectivity index (χ3n) is 22.0. The minimum Gasteiger partial charge on any atom is -0.455 e. The molecule has 0 aliphatic rings. The van der Waals surface area contributed by atoms with Crippen molar-refractivity contribution in [3.8, 4) is 146 Å². The molecule has 7 heterocycles. The van der Waals surface area contributed by atoms with Gasteiger partial charge in [-0.15, -0.1) is 0 Å². The SMILES string of the molecule is c1ccc(-c2cc(-c3ccccc3)cc(-c3nc(-c4ccccc4)nc(-c4ccc(-c5ccc(-c6nc7ccccc7c7c6ccc6nsnc67)cc5)cc4)n3)c2)cc1.c1ccc(-c2nc(-c3ccc(-c4ccc(-c5nc6ccccc6c6c5ccc5nsnc56)cc4)cc3)nc(-c3ccc(-c4cccc5c4oc4ccccc45)cc3)n2)cc1. The predicted octanol–water partition coefficient (Wildman–Crippen LogP) is 26.7. The zero-order valence-electron chi connectivity index (χ0n) is 63.4. The first kappa shape index (κ1) is 70.0. The van der Waals surface area contributed by atoms with Gasteiger partial charge < -0.3 is 4.42 Å². The highest BCUT2D eigenvalue weighted by atomic mass is 32.1. The molecule has 7 aromatic heterocycles. The number of hydrogen-bond donors (Lipinski definition) is 0. The van der Waals surface area contributed by atoms with E-state index < -0.39 is 0 Å². The topological polar surface area (TPSA) is 168 Å². The summed E-state index contributed by atoms with van der Waals surface area (Å²) in [5, 5.41) is 8.69. The lowest BCUT2D eigenvalue weighted by molar-refractivity contribution is 0.670. The molecule has 16 aromatic carbocycles. The van der Waals surface area contributed by atoms with Crippen molar-refractivity contribution in [2.24, 2.45) is 0 Å². The molecule has 0 radical (unpaired) electrons. The van der Waals surface area contributed by atoms with E-state index in [4.69, 9.17) is 44.3 Å². The van der Waals surface area contributed by atoms with Crippen LogP contribution in [0, 0.1) is 0 Å². The first-order valence-electron chi connectivity index (χ1n) is 39.1. The Labute approximate surface area is 690 Å². The first-order valence-corrected chi connectivity index (χ1v) is 40.6. The van der Waals surface area contributed by atoms with Crippen molar-refractivity contribution in [1.29, 1.82) is 0 Å². The lowest BCUT2D eigenvalue weighted by Crippen LogP contribution is -2.00. The molecule has 0 atom stereocenters. The molecule has 0 unspecified atom stereocenters. The number of nitrogens with zero attached hydrogens (tertiary/aromatic N) is 12. The van der Waals surface area contributed by atoms with Crippen molar-refractivity contribution in [1.82, 2.24) is 57.4 Å². The van der Waals surface area contributed by atoms with Gasteiger partial charge in [0.05, 0.1) is 45.9 Å². The second-order valence-corrected chi connectivity index (χ2v) is 30.3. The molecule has 15 heteroatoms. The van der Waals surface area contributed by atoms with Gasteiger partial charge in [-0.1, -0.05) is 315 Å². The van der Waals surface area contributed by atoms with Gasteiger partial charge in [0.1, 0.15) is 33.2 Å². The van der Waals surface area contributed by atoms with Crippen LogP contribution in [-0.2, 0) is 0 Å². The van der Waals surface area contributed by atoms with E-state index in [1.165, 1.54) is 23.5 Å². The summed E-state index contributed by atoms with van der Waals surface area (Å²) in [5.74, 6) is 3.68. The van der Waals surface area contributed by atoms with Crippen LogP contribution in [0.25, 0.3) is 234 Å². The average molecular weight is 1560 g/mol. The summed E-state index contributed by atoms with van der Waals surface area (Å²) in [4.78, 5) is 40.5. The van der Waals surface area contributed by atoms with Gasteiger partial charge in [0.2, 0.25) is 0 Å². The van der Waals surface area contributed by atoms with Crippen LogP contribution in [0.4, 0.5) is 0 Å². The number of furan rings is 1. The molecule has 0 bridgehead atoms. The highest BCUT2D eigenvalue weighted by molar-refractivity contribution is 7.00. The number of pyridine rings is 2. The maximum atomic E-state index is 6.34. The number of rotatable bonds is 13. The molecule has 0 aliphatic heterocycles. The zero-order chi connectivity index (χ0) is 78.7. The normalized spacial score (nSPS) is 11.5. The number of aromatic nitrogens is 12. The number of para-hydroxylation sites is 4. The fourth-order valence-corrected chi connectivity index (χ4v) is 17.2. The predicted molar refractivity (Wildman–Crippen MR) is 485 cm³/mol. The van der Waals surface area contributed by atoms with Gasteiger partial charge in [-0.05, 0) is 111 Å². The molecule has 0 amide bonds. The van der Waals surface area contributed by atoms with Crippen LogP contribution in [0.5, 0.6) is 0 Å². The van der Waals surface area contributed by atoms with Gasteiger partial charge in [-0.2, -0.15) is 17.5 Å². The molecule has 0 aliphatic carbocycles. The Balaban J connectivity index is 0.000000143. The number of hydrogen-bond acceptors (Lipinski definition) is 15. The van der Waals surface area contributed by atoms with Crippen LogP contribution in [-0.4, -0.2) is 57.4 Å². The molecule has 0 saturated heterocycles. The summed E-state index contributed by atoms with van der Waals surface area (Å²) < 4.78 is 24.7. The van der Waals surface area contributed by atoms with E-state index in [1.807, 2.05) is 121 Å². The Bertz CT molecular complexity index is 7750. The van der Waals surface area contributed by atoms with Gasteiger partial charge in [0, 0.05) is 93.2 Å². The first-order chi connectivity index (χ1) is 58.9.